The highest BCUT2D eigenvalue weighted by atomic mass is 35.5. The number of hydrogen-bond acceptors (Lipinski definition) is 5. The van der Waals surface area contributed by atoms with Gasteiger partial charge in [0.1, 0.15) is 16.7 Å². The quantitative estimate of drug-likeness (QED) is 0.350. The van der Waals surface area contributed by atoms with Gasteiger partial charge in [0.2, 0.25) is 0 Å². The average molecular weight is 386 g/mol. The van der Waals surface area contributed by atoms with Crippen LogP contribution >= 0.6 is 23.4 Å². The first-order valence-electron chi connectivity index (χ1n) is 8.20. The number of nitrogens with one attached hydrogen (secondary N) is 1. The first-order chi connectivity index (χ1) is 12.7. The normalized spacial score (nSPS) is 10.6. The van der Waals surface area contributed by atoms with Crippen LogP contribution in [0.25, 0.3) is 0 Å². The van der Waals surface area contributed by atoms with Gasteiger partial charge in [-0.2, -0.15) is 0 Å². The summed E-state index contributed by atoms with van der Waals surface area (Å²) < 4.78 is 5.22. The molecule has 1 aromatic heterocycles. The van der Waals surface area contributed by atoms with Gasteiger partial charge in [0, 0.05) is 18.5 Å². The van der Waals surface area contributed by atoms with E-state index in [9.17, 15) is 0 Å². The zero-order valence-corrected chi connectivity index (χ0v) is 16.3. The van der Waals surface area contributed by atoms with Crippen LogP contribution in [0.1, 0.15) is 16.7 Å². The van der Waals surface area contributed by atoms with Crippen molar-refractivity contribution in [3.63, 3.8) is 0 Å². The molecule has 0 aliphatic carbocycles. The van der Waals surface area contributed by atoms with Crippen molar-refractivity contribution in [2.75, 3.05) is 18.7 Å². The van der Waals surface area contributed by atoms with Crippen molar-refractivity contribution in [1.82, 2.24) is 9.97 Å². The Kier molecular flexibility index (Phi) is 6.36. The molecular formula is C20H20ClN3OS. The second-order valence-electron chi connectivity index (χ2n) is 5.69. The van der Waals surface area contributed by atoms with E-state index in [1.165, 1.54) is 17.3 Å². The van der Waals surface area contributed by atoms with E-state index in [1.54, 1.807) is 7.11 Å². The van der Waals surface area contributed by atoms with Crippen LogP contribution in [0.4, 0.5) is 5.82 Å². The van der Waals surface area contributed by atoms with Crippen LogP contribution in [-0.4, -0.2) is 23.3 Å². The van der Waals surface area contributed by atoms with Gasteiger partial charge in [-0.25, -0.2) is 9.97 Å². The van der Waals surface area contributed by atoms with Crippen LogP contribution in [0.2, 0.25) is 5.15 Å². The number of hydrogen-bond donors (Lipinski definition) is 1. The zero-order valence-electron chi connectivity index (χ0n) is 14.7. The molecule has 1 N–H and O–H groups in total. The molecule has 6 heteroatoms. The number of ether oxygens (including phenoxy) is 1. The van der Waals surface area contributed by atoms with E-state index in [0.717, 1.165) is 22.7 Å². The number of nitrogens with zero attached hydrogens (tertiary/aromatic N) is 2. The lowest BCUT2D eigenvalue weighted by Gasteiger charge is -2.14. The van der Waals surface area contributed by atoms with Crippen molar-refractivity contribution < 1.29 is 4.74 Å². The second-order valence-corrected chi connectivity index (χ2v) is 6.82. The van der Waals surface area contributed by atoms with E-state index >= 15 is 0 Å². The Morgan fingerprint density at radius 2 is 1.73 bits per heavy atom. The lowest BCUT2D eigenvalue weighted by Crippen LogP contribution is -2.08. The topological polar surface area (TPSA) is 47.0 Å². The summed E-state index contributed by atoms with van der Waals surface area (Å²) in [5.41, 5.74) is 3.20. The minimum absolute atomic E-state index is 0.482. The highest BCUT2D eigenvalue weighted by molar-refractivity contribution is 7.98. The van der Waals surface area contributed by atoms with E-state index in [0.29, 0.717) is 23.3 Å². The van der Waals surface area contributed by atoms with Crippen LogP contribution in [-0.2, 0) is 13.0 Å². The number of thioether (sulfide) groups is 1. The molecule has 134 valence electrons. The van der Waals surface area contributed by atoms with Gasteiger partial charge in [0.15, 0.2) is 5.16 Å². The molecule has 2 aromatic carbocycles. The van der Waals surface area contributed by atoms with Gasteiger partial charge in [0.25, 0.3) is 0 Å². The van der Waals surface area contributed by atoms with E-state index in [4.69, 9.17) is 16.3 Å². The molecule has 0 saturated carbocycles. The maximum Gasteiger partial charge on any atom is 0.190 e. The van der Waals surface area contributed by atoms with Gasteiger partial charge in [-0.05, 0) is 29.5 Å². The Morgan fingerprint density at radius 1 is 1.00 bits per heavy atom. The standard InChI is InChI=1S/C20H20ClN3OS/c1-25-16-10-8-14(9-11-16)12-17-18(21)23-20(26-2)24-19(17)22-13-15-6-4-3-5-7-15/h3-11H,12-13H2,1-2H3,(H,22,23,24). The summed E-state index contributed by atoms with van der Waals surface area (Å²) in [6.07, 6.45) is 2.59. The number of methoxy groups -OCH3 is 1. The third kappa shape index (κ3) is 4.68. The van der Waals surface area contributed by atoms with Crippen LogP contribution in [0.15, 0.2) is 59.8 Å². The lowest BCUT2D eigenvalue weighted by atomic mass is 10.1. The van der Waals surface area contributed by atoms with Crippen LogP contribution in [0.5, 0.6) is 5.75 Å². The first-order valence-corrected chi connectivity index (χ1v) is 9.81. The fraction of sp³-hybridized carbons (Fsp3) is 0.200. The van der Waals surface area contributed by atoms with Crippen molar-refractivity contribution in [1.29, 1.82) is 0 Å². The summed E-state index contributed by atoms with van der Waals surface area (Å²) in [6.45, 7) is 0.678. The van der Waals surface area contributed by atoms with Gasteiger partial charge in [-0.15, -0.1) is 0 Å². The Balaban J connectivity index is 1.86. The molecule has 4 nitrogen and oxygen atoms in total. The van der Waals surface area contributed by atoms with E-state index in [-0.39, 0.29) is 0 Å². The summed E-state index contributed by atoms with van der Waals surface area (Å²) in [6, 6.07) is 18.1. The lowest BCUT2D eigenvalue weighted by molar-refractivity contribution is 0.414. The molecule has 0 bridgehead atoms. The molecule has 3 aromatic rings. The Bertz CT molecular complexity index is 857. The van der Waals surface area contributed by atoms with Gasteiger partial charge < -0.3 is 10.1 Å². The molecular weight excluding hydrogens is 366 g/mol. The monoisotopic (exact) mass is 385 g/mol. The molecule has 0 unspecified atom stereocenters. The molecule has 0 amide bonds. The fourth-order valence-corrected chi connectivity index (χ4v) is 3.21. The van der Waals surface area contributed by atoms with Crippen LogP contribution in [0, 0.1) is 0 Å². The molecule has 0 atom stereocenters. The van der Waals surface area contributed by atoms with Gasteiger partial charge >= 0.3 is 0 Å². The average Bonchev–Trinajstić information content (AvgIpc) is 2.69. The third-order valence-electron chi connectivity index (χ3n) is 3.96. The van der Waals surface area contributed by atoms with Gasteiger partial charge in [0.05, 0.1) is 7.11 Å². The molecule has 0 radical (unpaired) electrons. The maximum absolute atomic E-state index is 6.47. The Morgan fingerprint density at radius 3 is 2.38 bits per heavy atom. The number of anilines is 1. The zero-order chi connectivity index (χ0) is 18.4. The molecule has 1 heterocycles. The van der Waals surface area contributed by atoms with Crippen LogP contribution in [0.3, 0.4) is 0 Å². The van der Waals surface area contributed by atoms with E-state index < -0.39 is 0 Å². The molecule has 0 aliphatic rings. The molecule has 0 saturated heterocycles. The second kappa shape index (κ2) is 8.92. The summed E-state index contributed by atoms with van der Waals surface area (Å²) in [5.74, 6) is 1.60. The third-order valence-corrected chi connectivity index (χ3v) is 4.82. The predicted molar refractivity (Wildman–Crippen MR) is 108 cm³/mol. The maximum atomic E-state index is 6.47. The first kappa shape index (κ1) is 18.5. The van der Waals surface area contributed by atoms with Gasteiger partial charge in [-0.1, -0.05) is 65.8 Å². The summed E-state index contributed by atoms with van der Waals surface area (Å²) in [4.78, 5) is 9.02. The van der Waals surface area contributed by atoms with Crippen molar-refractivity contribution in [2.24, 2.45) is 0 Å². The summed E-state index contributed by atoms with van der Waals surface area (Å²) in [7, 11) is 1.66. The minimum Gasteiger partial charge on any atom is -0.497 e. The van der Waals surface area contributed by atoms with Crippen molar-refractivity contribution in [3.8, 4) is 5.75 Å². The SMILES string of the molecule is COc1ccc(Cc2c(Cl)nc(SC)nc2NCc2ccccc2)cc1. The molecule has 0 spiro atoms. The smallest absolute Gasteiger partial charge is 0.190 e. The molecule has 0 aliphatic heterocycles. The fourth-order valence-electron chi connectivity index (χ4n) is 2.56. The number of benzene rings is 2. The molecule has 26 heavy (non-hydrogen) atoms. The van der Waals surface area contributed by atoms with Crippen molar-refractivity contribution in [3.05, 3.63) is 76.4 Å². The number of aromatic nitrogens is 2. The minimum atomic E-state index is 0.482. The largest absolute Gasteiger partial charge is 0.497 e. The predicted octanol–water partition coefficient (Wildman–Crippen LogP) is 5.06. The number of rotatable bonds is 7. The summed E-state index contributed by atoms with van der Waals surface area (Å²) >= 11 is 7.95. The van der Waals surface area contributed by atoms with E-state index in [2.05, 4.69) is 27.4 Å². The Hall–Kier alpha value is -2.24. The molecule has 3 rings (SSSR count). The van der Waals surface area contributed by atoms with E-state index in [1.807, 2.05) is 48.7 Å². The summed E-state index contributed by atoms with van der Waals surface area (Å²) in [5, 5.41) is 4.55. The van der Waals surface area contributed by atoms with Crippen LogP contribution < -0.4 is 10.1 Å². The highest BCUT2D eigenvalue weighted by Gasteiger charge is 2.14. The highest BCUT2D eigenvalue weighted by Crippen LogP contribution is 2.28. The number of halogens is 1. The van der Waals surface area contributed by atoms with Gasteiger partial charge in [-0.3, -0.25) is 0 Å². The molecule has 0 fully saturated rings. The van der Waals surface area contributed by atoms with Crippen molar-refractivity contribution in [2.45, 2.75) is 18.1 Å². The van der Waals surface area contributed by atoms with Crippen molar-refractivity contribution >= 4 is 29.2 Å². The Labute approximate surface area is 163 Å².